The molecule has 0 unspecified atom stereocenters. The molecule has 1 saturated heterocycles. The molecule has 25 heavy (non-hydrogen) atoms. The van der Waals surface area contributed by atoms with Gasteiger partial charge in [-0.3, -0.25) is 9.59 Å². The van der Waals surface area contributed by atoms with Crippen LogP contribution in [0, 0.1) is 5.82 Å². The van der Waals surface area contributed by atoms with Crippen molar-refractivity contribution in [1.29, 1.82) is 0 Å². The highest BCUT2D eigenvalue weighted by molar-refractivity contribution is 5.96. The molecule has 0 bridgehead atoms. The molecule has 2 aromatic rings. The maximum atomic E-state index is 12.9. The molecule has 130 valence electrons. The zero-order valence-corrected chi connectivity index (χ0v) is 14.0. The summed E-state index contributed by atoms with van der Waals surface area (Å²) < 4.78 is 12.9. The third kappa shape index (κ3) is 4.66. The lowest BCUT2D eigenvalue weighted by Crippen LogP contribution is -2.27. The Balaban J connectivity index is 1.51. The number of hydrogen-bond donors (Lipinski definition) is 1. The lowest BCUT2D eigenvalue weighted by Gasteiger charge is -2.15. The number of benzene rings is 2. The summed E-state index contributed by atoms with van der Waals surface area (Å²) in [5.74, 6) is -0.341. The van der Waals surface area contributed by atoms with E-state index in [0.29, 0.717) is 24.1 Å². The number of amides is 2. The van der Waals surface area contributed by atoms with E-state index in [2.05, 4.69) is 5.32 Å². The number of carbonyl (C=O) groups excluding carboxylic acids is 2. The molecule has 1 N–H and O–H groups in total. The predicted molar refractivity (Wildman–Crippen MR) is 94.9 cm³/mol. The number of hydrogen-bond acceptors (Lipinski definition) is 2. The third-order valence-electron chi connectivity index (χ3n) is 4.36. The van der Waals surface area contributed by atoms with E-state index in [-0.39, 0.29) is 17.6 Å². The van der Waals surface area contributed by atoms with Crippen LogP contribution in [0.5, 0.6) is 0 Å². The zero-order chi connectivity index (χ0) is 17.6. The highest BCUT2D eigenvalue weighted by atomic mass is 19.1. The van der Waals surface area contributed by atoms with Crippen molar-refractivity contribution >= 4 is 17.5 Å². The molecule has 3 rings (SSSR count). The van der Waals surface area contributed by atoms with E-state index in [9.17, 15) is 14.0 Å². The first kappa shape index (κ1) is 17.1. The van der Waals surface area contributed by atoms with Crippen molar-refractivity contribution in [3.05, 3.63) is 65.5 Å². The number of carbonyl (C=O) groups is 2. The zero-order valence-electron chi connectivity index (χ0n) is 14.0. The van der Waals surface area contributed by atoms with Gasteiger partial charge in [0.25, 0.3) is 5.91 Å². The van der Waals surface area contributed by atoms with Gasteiger partial charge in [0.1, 0.15) is 5.82 Å². The minimum Gasteiger partial charge on any atom is -0.339 e. The predicted octanol–water partition coefficient (Wildman–Crippen LogP) is 3.63. The van der Waals surface area contributed by atoms with Gasteiger partial charge in [-0.2, -0.15) is 0 Å². The van der Waals surface area contributed by atoms with Crippen LogP contribution in [-0.4, -0.2) is 29.8 Å². The fourth-order valence-corrected chi connectivity index (χ4v) is 2.93. The summed E-state index contributed by atoms with van der Waals surface area (Å²) in [5.41, 5.74) is 2.23. The maximum Gasteiger partial charge on any atom is 0.253 e. The Kier molecular flexibility index (Phi) is 5.43. The van der Waals surface area contributed by atoms with Crippen LogP contribution in [0.2, 0.25) is 0 Å². The van der Waals surface area contributed by atoms with Gasteiger partial charge in [-0.05, 0) is 61.2 Å². The molecule has 2 aromatic carbocycles. The summed E-state index contributed by atoms with van der Waals surface area (Å²) in [4.78, 5) is 26.2. The minimum atomic E-state index is -0.281. The van der Waals surface area contributed by atoms with Crippen LogP contribution >= 0.6 is 0 Å². The van der Waals surface area contributed by atoms with Crippen LogP contribution in [0.4, 0.5) is 10.1 Å². The van der Waals surface area contributed by atoms with E-state index in [4.69, 9.17) is 0 Å². The summed E-state index contributed by atoms with van der Waals surface area (Å²) in [6.07, 6.45) is 3.00. The van der Waals surface area contributed by atoms with E-state index >= 15 is 0 Å². The lowest BCUT2D eigenvalue weighted by atomic mass is 10.1. The van der Waals surface area contributed by atoms with Crippen LogP contribution in [0.15, 0.2) is 48.5 Å². The van der Waals surface area contributed by atoms with Crippen molar-refractivity contribution in [1.82, 2.24) is 4.90 Å². The number of likely N-dealkylation sites (tertiary alicyclic amines) is 1. The molecule has 0 aliphatic carbocycles. The Labute approximate surface area is 146 Å². The second-order valence-electron chi connectivity index (χ2n) is 6.25. The van der Waals surface area contributed by atoms with Crippen molar-refractivity contribution in [2.75, 3.05) is 18.4 Å². The Morgan fingerprint density at radius 1 is 0.960 bits per heavy atom. The van der Waals surface area contributed by atoms with Crippen LogP contribution in [0.3, 0.4) is 0 Å². The summed E-state index contributed by atoms with van der Waals surface area (Å²) in [5, 5.41) is 2.82. The van der Waals surface area contributed by atoms with Gasteiger partial charge in [-0.1, -0.05) is 12.1 Å². The second-order valence-corrected chi connectivity index (χ2v) is 6.25. The van der Waals surface area contributed by atoms with Crippen molar-refractivity contribution in [3.8, 4) is 0 Å². The first-order valence-electron chi connectivity index (χ1n) is 8.55. The topological polar surface area (TPSA) is 49.4 Å². The van der Waals surface area contributed by atoms with E-state index < -0.39 is 0 Å². The maximum absolute atomic E-state index is 12.9. The van der Waals surface area contributed by atoms with Gasteiger partial charge in [0.15, 0.2) is 0 Å². The fourth-order valence-electron chi connectivity index (χ4n) is 2.93. The standard InChI is InChI=1S/C20H21FN2O2/c21-17-8-3-15(4-9-17)5-12-19(24)22-18-10-6-16(7-11-18)20(25)23-13-1-2-14-23/h3-4,6-11H,1-2,5,12-14H2,(H,22,24). The molecule has 1 aliphatic heterocycles. The van der Waals surface area contributed by atoms with Crippen LogP contribution in [-0.2, 0) is 11.2 Å². The molecule has 0 atom stereocenters. The first-order chi connectivity index (χ1) is 12.1. The van der Waals surface area contributed by atoms with Gasteiger partial charge in [-0.15, -0.1) is 0 Å². The quantitative estimate of drug-likeness (QED) is 0.903. The second kappa shape index (κ2) is 7.92. The first-order valence-corrected chi connectivity index (χ1v) is 8.55. The average Bonchev–Trinajstić information content (AvgIpc) is 3.16. The van der Waals surface area contributed by atoms with E-state index in [1.807, 2.05) is 4.90 Å². The molecule has 5 heteroatoms. The number of aryl methyl sites for hydroxylation is 1. The molecular formula is C20H21FN2O2. The molecule has 1 fully saturated rings. The summed E-state index contributed by atoms with van der Waals surface area (Å²) >= 11 is 0. The molecule has 0 saturated carbocycles. The SMILES string of the molecule is O=C(CCc1ccc(F)cc1)Nc1ccc(C(=O)N2CCCC2)cc1. The van der Waals surface area contributed by atoms with Gasteiger partial charge < -0.3 is 10.2 Å². The highest BCUT2D eigenvalue weighted by Gasteiger charge is 2.19. The Morgan fingerprint density at radius 2 is 1.60 bits per heavy atom. The molecule has 2 amide bonds. The normalized spacial score (nSPS) is 13.7. The van der Waals surface area contributed by atoms with Gasteiger partial charge in [-0.25, -0.2) is 4.39 Å². The van der Waals surface area contributed by atoms with Gasteiger partial charge in [0.2, 0.25) is 5.91 Å². The third-order valence-corrected chi connectivity index (χ3v) is 4.36. The number of rotatable bonds is 5. The average molecular weight is 340 g/mol. The Hall–Kier alpha value is -2.69. The Bertz CT molecular complexity index is 735. The van der Waals surface area contributed by atoms with E-state index in [1.165, 1.54) is 12.1 Å². The highest BCUT2D eigenvalue weighted by Crippen LogP contribution is 2.16. The molecule has 0 radical (unpaired) electrons. The largest absolute Gasteiger partial charge is 0.339 e. The van der Waals surface area contributed by atoms with Crippen LogP contribution in [0.1, 0.15) is 35.2 Å². The summed E-state index contributed by atoms with van der Waals surface area (Å²) in [6, 6.07) is 13.1. The fraction of sp³-hybridized carbons (Fsp3) is 0.300. The molecule has 0 spiro atoms. The number of nitrogens with zero attached hydrogens (tertiary/aromatic N) is 1. The van der Waals surface area contributed by atoms with Gasteiger partial charge in [0.05, 0.1) is 0 Å². The molecular weight excluding hydrogens is 319 g/mol. The number of halogens is 1. The van der Waals surface area contributed by atoms with E-state index in [1.54, 1.807) is 36.4 Å². The summed E-state index contributed by atoms with van der Waals surface area (Å²) in [6.45, 7) is 1.64. The van der Waals surface area contributed by atoms with Gasteiger partial charge >= 0.3 is 0 Å². The van der Waals surface area contributed by atoms with Crippen LogP contribution in [0.25, 0.3) is 0 Å². The van der Waals surface area contributed by atoms with Crippen molar-refractivity contribution in [2.24, 2.45) is 0 Å². The van der Waals surface area contributed by atoms with E-state index in [0.717, 1.165) is 31.5 Å². The lowest BCUT2D eigenvalue weighted by molar-refractivity contribution is -0.116. The molecule has 1 aliphatic rings. The monoisotopic (exact) mass is 340 g/mol. The number of anilines is 1. The minimum absolute atomic E-state index is 0.0479. The van der Waals surface area contributed by atoms with Gasteiger partial charge in [0, 0.05) is 30.8 Å². The van der Waals surface area contributed by atoms with Crippen molar-refractivity contribution in [3.63, 3.8) is 0 Å². The van der Waals surface area contributed by atoms with Crippen molar-refractivity contribution in [2.45, 2.75) is 25.7 Å². The smallest absolute Gasteiger partial charge is 0.253 e. The number of nitrogens with one attached hydrogen (secondary N) is 1. The molecule has 0 aromatic heterocycles. The van der Waals surface area contributed by atoms with Crippen molar-refractivity contribution < 1.29 is 14.0 Å². The molecule has 4 nitrogen and oxygen atoms in total. The van der Waals surface area contributed by atoms with Crippen LogP contribution < -0.4 is 5.32 Å². The molecule has 1 heterocycles. The summed E-state index contributed by atoms with van der Waals surface area (Å²) in [7, 11) is 0. The Morgan fingerprint density at radius 3 is 2.24 bits per heavy atom.